The van der Waals surface area contributed by atoms with E-state index < -0.39 is 0 Å². The topological polar surface area (TPSA) is 112 Å². The Hall–Kier alpha value is -3.86. The van der Waals surface area contributed by atoms with Crippen LogP contribution >= 0.6 is 12.2 Å². The van der Waals surface area contributed by atoms with Crippen LogP contribution in [0.5, 0.6) is 11.5 Å². The molecule has 2 N–H and O–H groups in total. The first-order valence-corrected chi connectivity index (χ1v) is 10.3. The molecular weight excluding hydrogens is 428 g/mol. The maximum absolute atomic E-state index is 5.36. The molecule has 0 saturated heterocycles. The van der Waals surface area contributed by atoms with Gasteiger partial charge in [0.25, 0.3) is 0 Å². The quantitative estimate of drug-likeness (QED) is 0.408. The summed E-state index contributed by atoms with van der Waals surface area (Å²) in [6.07, 6.45) is 3.47. The second-order valence-corrected chi connectivity index (χ2v) is 7.18. The number of thiocarbonyl (C=S) groups is 1. The molecule has 4 aromatic rings. The van der Waals surface area contributed by atoms with Gasteiger partial charge in [-0.3, -0.25) is 4.98 Å². The standard InChI is InChI=1S/C21H22N8O2S/c1-4-22-21(32)26-19-8-6-14-20(25-19)24-15(10-23-14)16-12-29(28-27-16)11-13-5-7-17(30-2)18(9-13)31-3/h5-10,12H,4,11H2,1-3H3,(H2,22,24,25,26,32). The van der Waals surface area contributed by atoms with Gasteiger partial charge in [-0.05, 0) is 49.0 Å². The molecule has 0 aliphatic heterocycles. The third-order valence-electron chi connectivity index (χ3n) is 4.58. The van der Waals surface area contributed by atoms with E-state index in [2.05, 4.69) is 35.9 Å². The first kappa shape index (κ1) is 21.4. The molecule has 4 rings (SSSR count). The Labute approximate surface area is 190 Å². The van der Waals surface area contributed by atoms with E-state index in [9.17, 15) is 0 Å². The van der Waals surface area contributed by atoms with Gasteiger partial charge >= 0.3 is 0 Å². The number of hydrogen-bond donors (Lipinski definition) is 2. The zero-order valence-corrected chi connectivity index (χ0v) is 18.7. The van der Waals surface area contributed by atoms with Crippen molar-refractivity contribution >= 4 is 34.3 Å². The summed E-state index contributed by atoms with van der Waals surface area (Å²) in [7, 11) is 3.21. The minimum atomic E-state index is 0.487. The smallest absolute Gasteiger partial charge is 0.180 e. The lowest BCUT2D eigenvalue weighted by molar-refractivity contribution is 0.354. The van der Waals surface area contributed by atoms with Crippen molar-refractivity contribution in [2.24, 2.45) is 0 Å². The van der Waals surface area contributed by atoms with Gasteiger partial charge in [0.2, 0.25) is 0 Å². The van der Waals surface area contributed by atoms with E-state index in [4.69, 9.17) is 21.7 Å². The van der Waals surface area contributed by atoms with Gasteiger partial charge in [0.15, 0.2) is 22.3 Å². The largest absolute Gasteiger partial charge is 0.493 e. The minimum Gasteiger partial charge on any atom is -0.493 e. The highest BCUT2D eigenvalue weighted by atomic mass is 32.1. The van der Waals surface area contributed by atoms with E-state index in [0.29, 0.717) is 51.5 Å². The highest BCUT2D eigenvalue weighted by Gasteiger charge is 2.11. The van der Waals surface area contributed by atoms with Crippen LogP contribution in [0.25, 0.3) is 22.6 Å². The van der Waals surface area contributed by atoms with Gasteiger partial charge in [0, 0.05) is 6.54 Å². The maximum Gasteiger partial charge on any atom is 0.180 e. The highest BCUT2D eigenvalue weighted by Crippen LogP contribution is 2.28. The number of methoxy groups -OCH3 is 2. The van der Waals surface area contributed by atoms with Crippen LogP contribution in [0, 0.1) is 0 Å². The molecule has 10 nitrogen and oxygen atoms in total. The van der Waals surface area contributed by atoms with Crippen molar-refractivity contribution < 1.29 is 9.47 Å². The third-order valence-corrected chi connectivity index (χ3v) is 4.83. The van der Waals surface area contributed by atoms with Crippen molar-refractivity contribution in [3.8, 4) is 22.9 Å². The van der Waals surface area contributed by atoms with E-state index in [1.54, 1.807) is 31.2 Å². The van der Waals surface area contributed by atoms with Crippen LogP contribution in [0.15, 0.2) is 42.7 Å². The molecule has 3 heterocycles. The predicted molar refractivity (Wildman–Crippen MR) is 125 cm³/mol. The number of rotatable bonds is 7. The van der Waals surface area contributed by atoms with Gasteiger partial charge in [-0.25, -0.2) is 14.6 Å². The summed E-state index contributed by atoms with van der Waals surface area (Å²) in [6.45, 7) is 3.21. The molecule has 0 atom stereocenters. The van der Waals surface area contributed by atoms with E-state index in [0.717, 1.165) is 12.1 Å². The van der Waals surface area contributed by atoms with Crippen LogP contribution < -0.4 is 20.1 Å². The number of anilines is 1. The molecule has 0 fully saturated rings. The van der Waals surface area contributed by atoms with E-state index in [-0.39, 0.29) is 0 Å². The Morgan fingerprint density at radius 1 is 1.06 bits per heavy atom. The summed E-state index contributed by atoms with van der Waals surface area (Å²) in [5, 5.41) is 15.0. The number of pyridine rings is 1. The lowest BCUT2D eigenvalue weighted by Gasteiger charge is -2.09. The van der Waals surface area contributed by atoms with Crippen LogP contribution in [0.1, 0.15) is 12.5 Å². The summed E-state index contributed by atoms with van der Waals surface area (Å²) < 4.78 is 12.4. The lowest BCUT2D eigenvalue weighted by Crippen LogP contribution is -2.28. The second-order valence-electron chi connectivity index (χ2n) is 6.77. The van der Waals surface area contributed by atoms with Crippen LogP contribution in [-0.4, -0.2) is 55.8 Å². The molecular formula is C21H22N8O2S. The van der Waals surface area contributed by atoms with Gasteiger partial charge in [0.05, 0.1) is 33.2 Å². The molecule has 3 aromatic heterocycles. The summed E-state index contributed by atoms with van der Waals surface area (Å²) in [5.74, 6) is 1.93. The van der Waals surface area contributed by atoms with Crippen LogP contribution in [0.4, 0.5) is 5.82 Å². The van der Waals surface area contributed by atoms with E-state index in [1.807, 2.05) is 37.4 Å². The van der Waals surface area contributed by atoms with Crippen molar-refractivity contribution in [1.29, 1.82) is 0 Å². The van der Waals surface area contributed by atoms with Crippen LogP contribution in [-0.2, 0) is 6.54 Å². The molecule has 0 amide bonds. The average Bonchev–Trinajstić information content (AvgIpc) is 3.27. The van der Waals surface area contributed by atoms with Gasteiger partial charge in [-0.2, -0.15) is 0 Å². The molecule has 0 saturated carbocycles. The monoisotopic (exact) mass is 450 g/mol. The van der Waals surface area contributed by atoms with Crippen LogP contribution in [0.2, 0.25) is 0 Å². The van der Waals surface area contributed by atoms with E-state index >= 15 is 0 Å². The molecule has 0 spiro atoms. The number of nitrogens with zero attached hydrogens (tertiary/aromatic N) is 6. The van der Waals surface area contributed by atoms with E-state index in [1.165, 1.54) is 0 Å². The summed E-state index contributed by atoms with van der Waals surface area (Å²) >= 11 is 5.21. The van der Waals surface area contributed by atoms with Gasteiger partial charge in [-0.15, -0.1) is 5.10 Å². The molecule has 11 heteroatoms. The fourth-order valence-electron chi connectivity index (χ4n) is 3.07. The summed E-state index contributed by atoms with van der Waals surface area (Å²) in [6, 6.07) is 9.37. The Kier molecular flexibility index (Phi) is 6.36. The zero-order valence-electron chi connectivity index (χ0n) is 17.9. The fraction of sp³-hybridized carbons (Fsp3) is 0.238. The minimum absolute atomic E-state index is 0.487. The summed E-state index contributed by atoms with van der Waals surface area (Å²) in [5.41, 5.74) is 3.34. The second kappa shape index (κ2) is 9.52. The molecule has 32 heavy (non-hydrogen) atoms. The van der Waals surface area contributed by atoms with Crippen molar-refractivity contribution in [2.45, 2.75) is 13.5 Å². The number of hydrogen-bond acceptors (Lipinski definition) is 8. The molecule has 0 unspecified atom stereocenters. The molecule has 0 radical (unpaired) electrons. The Balaban J connectivity index is 1.55. The molecule has 1 aromatic carbocycles. The van der Waals surface area contributed by atoms with Crippen LogP contribution in [0.3, 0.4) is 0 Å². The van der Waals surface area contributed by atoms with Crippen molar-refractivity contribution in [3.63, 3.8) is 0 Å². The Bertz CT molecular complexity index is 1260. The Morgan fingerprint density at radius 2 is 1.91 bits per heavy atom. The average molecular weight is 451 g/mol. The lowest BCUT2D eigenvalue weighted by atomic mass is 10.2. The van der Waals surface area contributed by atoms with Gasteiger partial charge in [0.1, 0.15) is 22.7 Å². The number of benzene rings is 1. The number of nitrogens with one attached hydrogen (secondary N) is 2. The number of ether oxygens (including phenoxy) is 2. The number of fused-ring (bicyclic) bond motifs is 1. The van der Waals surface area contributed by atoms with Crippen molar-refractivity contribution in [3.05, 3.63) is 48.3 Å². The SMILES string of the molecule is CCNC(=S)Nc1ccc2ncc(-c3cn(Cc4ccc(OC)c(OC)c4)nn3)nc2n1. The fourth-order valence-corrected chi connectivity index (χ4v) is 3.32. The normalized spacial score (nSPS) is 10.7. The third kappa shape index (κ3) is 4.72. The first-order valence-electron chi connectivity index (χ1n) is 9.89. The maximum atomic E-state index is 5.36. The summed E-state index contributed by atoms with van der Waals surface area (Å²) in [4.78, 5) is 13.5. The van der Waals surface area contributed by atoms with Gasteiger partial charge in [-0.1, -0.05) is 11.3 Å². The first-order chi connectivity index (χ1) is 15.6. The highest BCUT2D eigenvalue weighted by molar-refractivity contribution is 7.80. The zero-order chi connectivity index (χ0) is 22.5. The molecule has 164 valence electrons. The number of aromatic nitrogens is 6. The van der Waals surface area contributed by atoms with Gasteiger partial charge < -0.3 is 20.1 Å². The predicted octanol–water partition coefficient (Wildman–Crippen LogP) is 2.66. The van der Waals surface area contributed by atoms with Crippen molar-refractivity contribution in [1.82, 2.24) is 35.3 Å². The molecule has 0 aliphatic rings. The molecule has 0 bridgehead atoms. The molecule has 0 aliphatic carbocycles. The van der Waals surface area contributed by atoms with Crippen molar-refractivity contribution in [2.75, 3.05) is 26.1 Å². The Morgan fingerprint density at radius 3 is 2.69 bits per heavy atom.